The Bertz CT molecular complexity index is 328. The molecule has 0 spiro atoms. The van der Waals surface area contributed by atoms with Crippen LogP contribution in [0.25, 0.3) is 0 Å². The number of carbonyl (C=O) groups excluding carboxylic acids is 1. The second kappa shape index (κ2) is 4.69. The van der Waals surface area contributed by atoms with Gasteiger partial charge in [-0.1, -0.05) is 13.0 Å². The fourth-order valence-electron chi connectivity index (χ4n) is 1.14. The maximum absolute atomic E-state index is 13.1. The van der Waals surface area contributed by atoms with E-state index in [4.69, 9.17) is 0 Å². The van der Waals surface area contributed by atoms with Crippen LogP contribution in [0.4, 0.5) is 4.39 Å². The summed E-state index contributed by atoms with van der Waals surface area (Å²) in [6.07, 6.45) is 1.78. The lowest BCUT2D eigenvalue weighted by molar-refractivity contribution is -0.121. The molecule has 1 aromatic heterocycles. The van der Waals surface area contributed by atoms with Crippen LogP contribution in [0.5, 0.6) is 0 Å². The first-order valence-corrected chi connectivity index (χ1v) is 4.55. The van der Waals surface area contributed by atoms with Gasteiger partial charge >= 0.3 is 0 Å². The molecule has 0 saturated heterocycles. The van der Waals surface area contributed by atoms with E-state index < -0.39 is 5.95 Å². The average Bonchev–Trinajstić information content (AvgIpc) is 2.18. The number of hydrogen-bond acceptors (Lipinski definition) is 2. The molecule has 1 amide bonds. The molecule has 0 aliphatic rings. The molecule has 1 atom stereocenters. The molecular weight excluding hydrogens is 183 g/mol. The zero-order chi connectivity index (χ0) is 10.6. The van der Waals surface area contributed by atoms with Gasteiger partial charge in [-0.2, -0.15) is 4.39 Å². The van der Waals surface area contributed by atoms with Gasteiger partial charge in [0.25, 0.3) is 0 Å². The van der Waals surface area contributed by atoms with Crippen molar-refractivity contribution in [3.8, 4) is 0 Å². The van der Waals surface area contributed by atoms with Crippen LogP contribution < -0.4 is 5.32 Å². The highest BCUT2D eigenvalue weighted by atomic mass is 19.1. The molecule has 0 aliphatic carbocycles. The van der Waals surface area contributed by atoms with Gasteiger partial charge in [0.15, 0.2) is 0 Å². The Balaban J connectivity index is 2.74. The van der Waals surface area contributed by atoms with E-state index in [0.29, 0.717) is 12.0 Å². The predicted molar refractivity (Wildman–Crippen MR) is 51.0 cm³/mol. The molecule has 1 aromatic rings. The maximum Gasteiger partial charge on any atom is 0.220 e. The summed E-state index contributed by atoms with van der Waals surface area (Å²) < 4.78 is 13.1. The van der Waals surface area contributed by atoms with Gasteiger partial charge in [-0.05, 0) is 13.0 Å². The first-order valence-electron chi connectivity index (χ1n) is 4.55. The number of carbonyl (C=O) groups is 1. The molecule has 0 fully saturated rings. The highest BCUT2D eigenvalue weighted by Gasteiger charge is 2.12. The summed E-state index contributed by atoms with van der Waals surface area (Å²) in [5.41, 5.74) is 0.411. The highest BCUT2D eigenvalue weighted by molar-refractivity contribution is 5.75. The molecule has 0 radical (unpaired) electrons. The Kier molecular flexibility index (Phi) is 3.56. The summed E-state index contributed by atoms with van der Waals surface area (Å²) in [5.74, 6) is -0.628. The Labute approximate surface area is 82.4 Å². The summed E-state index contributed by atoms with van der Waals surface area (Å²) in [6, 6.07) is 2.92. The van der Waals surface area contributed by atoms with E-state index in [1.54, 1.807) is 26.0 Å². The lowest BCUT2D eigenvalue weighted by atomic mass is 10.1. The Morgan fingerprint density at radius 3 is 3.00 bits per heavy atom. The summed E-state index contributed by atoms with van der Waals surface area (Å²) in [6.45, 7) is 3.48. The number of pyridine rings is 1. The minimum absolute atomic E-state index is 0.0965. The number of hydrogen-bond donors (Lipinski definition) is 1. The van der Waals surface area contributed by atoms with Gasteiger partial charge in [0.2, 0.25) is 11.9 Å². The van der Waals surface area contributed by atoms with Crippen LogP contribution in [0.3, 0.4) is 0 Å². The molecule has 1 rings (SSSR count). The third-order valence-electron chi connectivity index (χ3n) is 1.95. The van der Waals surface area contributed by atoms with Crippen molar-refractivity contribution >= 4 is 5.91 Å². The molecule has 1 unspecified atom stereocenters. The minimum atomic E-state index is -0.531. The largest absolute Gasteiger partial charge is 0.349 e. The predicted octanol–water partition coefficient (Wildman–Crippen LogP) is 1.81. The monoisotopic (exact) mass is 196 g/mol. The van der Waals surface area contributed by atoms with E-state index >= 15 is 0 Å². The van der Waals surface area contributed by atoms with Gasteiger partial charge in [-0.3, -0.25) is 4.79 Å². The lowest BCUT2D eigenvalue weighted by Crippen LogP contribution is -2.26. The van der Waals surface area contributed by atoms with E-state index in [0.717, 1.165) is 0 Å². The Morgan fingerprint density at radius 2 is 2.43 bits per heavy atom. The van der Waals surface area contributed by atoms with Crippen LogP contribution in [-0.4, -0.2) is 10.9 Å². The van der Waals surface area contributed by atoms with Crippen LogP contribution in [0.15, 0.2) is 18.3 Å². The van der Waals surface area contributed by atoms with Crippen molar-refractivity contribution in [3.63, 3.8) is 0 Å². The van der Waals surface area contributed by atoms with Crippen LogP contribution in [-0.2, 0) is 4.79 Å². The van der Waals surface area contributed by atoms with E-state index in [1.165, 1.54) is 6.20 Å². The standard InChI is InChI=1S/C10H13FN2O/c1-3-9(14)13-7(2)8-5-4-6-12-10(8)11/h4-7H,3H2,1-2H3,(H,13,14). The smallest absolute Gasteiger partial charge is 0.220 e. The van der Waals surface area contributed by atoms with Crippen molar-refractivity contribution in [1.82, 2.24) is 10.3 Å². The fraction of sp³-hybridized carbons (Fsp3) is 0.400. The number of nitrogens with zero attached hydrogens (tertiary/aromatic N) is 1. The molecule has 1 heterocycles. The van der Waals surface area contributed by atoms with Gasteiger partial charge in [0.1, 0.15) is 0 Å². The molecule has 0 bridgehead atoms. The summed E-state index contributed by atoms with van der Waals surface area (Å²) in [7, 11) is 0. The highest BCUT2D eigenvalue weighted by Crippen LogP contribution is 2.13. The van der Waals surface area contributed by atoms with Crippen molar-refractivity contribution in [2.24, 2.45) is 0 Å². The van der Waals surface area contributed by atoms with Gasteiger partial charge in [-0.25, -0.2) is 4.98 Å². The molecule has 4 heteroatoms. The van der Waals surface area contributed by atoms with Crippen molar-refractivity contribution in [2.75, 3.05) is 0 Å². The van der Waals surface area contributed by atoms with Crippen molar-refractivity contribution in [3.05, 3.63) is 29.8 Å². The van der Waals surface area contributed by atoms with Crippen LogP contribution in [0.1, 0.15) is 31.9 Å². The normalized spacial score (nSPS) is 12.2. The Hall–Kier alpha value is -1.45. The zero-order valence-corrected chi connectivity index (χ0v) is 8.25. The fourth-order valence-corrected chi connectivity index (χ4v) is 1.14. The number of halogens is 1. The van der Waals surface area contributed by atoms with Crippen LogP contribution in [0.2, 0.25) is 0 Å². The van der Waals surface area contributed by atoms with Gasteiger partial charge in [0.05, 0.1) is 6.04 Å². The maximum atomic E-state index is 13.1. The van der Waals surface area contributed by atoms with Crippen molar-refractivity contribution in [1.29, 1.82) is 0 Å². The first-order chi connectivity index (χ1) is 6.65. The minimum Gasteiger partial charge on any atom is -0.349 e. The number of aromatic nitrogens is 1. The molecule has 3 nitrogen and oxygen atoms in total. The van der Waals surface area contributed by atoms with E-state index in [1.807, 2.05) is 0 Å². The average molecular weight is 196 g/mol. The molecule has 0 saturated carbocycles. The molecular formula is C10H13FN2O. The topological polar surface area (TPSA) is 42.0 Å². The third-order valence-corrected chi connectivity index (χ3v) is 1.95. The number of amides is 1. The van der Waals surface area contributed by atoms with Crippen molar-refractivity contribution in [2.45, 2.75) is 26.3 Å². The van der Waals surface area contributed by atoms with Crippen LogP contribution >= 0.6 is 0 Å². The second-order valence-electron chi connectivity index (χ2n) is 3.03. The molecule has 76 valence electrons. The first kappa shape index (κ1) is 10.6. The summed E-state index contributed by atoms with van der Waals surface area (Å²) in [5, 5.41) is 2.67. The van der Waals surface area contributed by atoms with E-state index in [9.17, 15) is 9.18 Å². The third kappa shape index (κ3) is 2.52. The molecule has 1 N–H and O–H groups in total. The molecule has 0 aliphatic heterocycles. The number of nitrogens with one attached hydrogen (secondary N) is 1. The van der Waals surface area contributed by atoms with Gasteiger partial charge < -0.3 is 5.32 Å². The molecule has 14 heavy (non-hydrogen) atoms. The zero-order valence-electron chi connectivity index (χ0n) is 8.25. The van der Waals surface area contributed by atoms with Crippen LogP contribution in [0, 0.1) is 5.95 Å². The van der Waals surface area contributed by atoms with E-state index in [-0.39, 0.29) is 11.9 Å². The number of rotatable bonds is 3. The molecule has 0 aromatic carbocycles. The second-order valence-corrected chi connectivity index (χ2v) is 3.03. The van der Waals surface area contributed by atoms with Gasteiger partial charge in [0, 0.05) is 18.2 Å². The summed E-state index contributed by atoms with van der Waals surface area (Å²) >= 11 is 0. The van der Waals surface area contributed by atoms with Gasteiger partial charge in [-0.15, -0.1) is 0 Å². The Morgan fingerprint density at radius 1 is 1.71 bits per heavy atom. The summed E-state index contributed by atoms with van der Waals surface area (Å²) in [4.78, 5) is 14.6. The SMILES string of the molecule is CCC(=O)NC(C)c1cccnc1F. The lowest BCUT2D eigenvalue weighted by Gasteiger charge is -2.13. The van der Waals surface area contributed by atoms with E-state index in [2.05, 4.69) is 10.3 Å². The quantitative estimate of drug-likeness (QED) is 0.749. The van der Waals surface area contributed by atoms with Crippen molar-refractivity contribution < 1.29 is 9.18 Å².